The van der Waals surface area contributed by atoms with Crippen molar-refractivity contribution < 1.29 is 208 Å². The van der Waals surface area contributed by atoms with E-state index in [1.54, 1.807) is 0 Å². The molecule has 0 aromatic carbocycles. The molecule has 5 fully saturated rings. The predicted octanol–water partition coefficient (Wildman–Crippen LogP) is -5.58. The normalized spacial score (nSPS) is 31.8. The van der Waals surface area contributed by atoms with E-state index in [2.05, 4.69) is 35.1 Å². The first-order valence-electron chi connectivity index (χ1n) is 46.3. The Labute approximate surface area is 761 Å². The summed E-state index contributed by atoms with van der Waals surface area (Å²) in [7, 11) is 1.00. The molecule has 0 saturated carbocycles. The summed E-state index contributed by atoms with van der Waals surface area (Å²) in [4.78, 5) is 93.5. The molecule has 0 bridgehead atoms. The third-order valence-corrected chi connectivity index (χ3v) is 24.8. The maximum Gasteiger partial charge on any atom is 0.364 e. The molecule has 0 aromatic rings. The van der Waals surface area contributed by atoms with Crippen molar-refractivity contribution in [2.75, 3.05) is 66.6 Å². The summed E-state index contributed by atoms with van der Waals surface area (Å²) in [5.41, 5.74) is 0. The third kappa shape index (κ3) is 35.1. The summed E-state index contributed by atoms with van der Waals surface area (Å²) in [5, 5.41) is 272. The molecule has 46 heteroatoms. The Balaban J connectivity index is 1.28. The van der Waals surface area contributed by atoms with Crippen LogP contribution in [0, 0.1) is 0 Å². The number of hydrogen-bond donors (Lipinski definition) is 28. The minimum atomic E-state index is -3.51. The van der Waals surface area contributed by atoms with Crippen molar-refractivity contribution in [2.45, 2.75) is 427 Å². The van der Waals surface area contributed by atoms with Crippen LogP contribution in [-0.2, 0) is 85.7 Å². The molecule has 32 atom stereocenters. The van der Waals surface area contributed by atoms with Crippen molar-refractivity contribution in [1.82, 2.24) is 21.3 Å². The van der Waals surface area contributed by atoms with Crippen LogP contribution < -0.4 is 21.3 Å². The summed E-state index contributed by atoms with van der Waals surface area (Å²) in [5.74, 6) is -21.8. The minimum Gasteiger partial charge on any atom is -0.477 e. The topological polar surface area (TPSA) is 755 Å². The van der Waals surface area contributed by atoms with Gasteiger partial charge in [0.15, 0.2) is 12.6 Å². The van der Waals surface area contributed by atoms with E-state index in [9.17, 15) is 156 Å². The Morgan fingerprint density at radius 3 is 1.17 bits per heavy atom. The van der Waals surface area contributed by atoms with Gasteiger partial charge >= 0.3 is 17.9 Å². The molecule has 46 nitrogen and oxygen atoms in total. The van der Waals surface area contributed by atoms with E-state index in [1.807, 2.05) is 0 Å². The maximum absolute atomic E-state index is 14.1. The number of carboxylic acids is 3. The molecule has 0 aromatic heterocycles. The van der Waals surface area contributed by atoms with Crippen molar-refractivity contribution in [3.63, 3.8) is 0 Å². The Bertz CT molecular complexity index is 3260. The van der Waals surface area contributed by atoms with E-state index in [4.69, 9.17) is 52.1 Å². The largest absolute Gasteiger partial charge is 0.477 e. The maximum atomic E-state index is 14.1. The lowest BCUT2D eigenvalue weighted by Crippen LogP contribution is -2.71. The Morgan fingerprint density at radius 1 is 0.412 bits per heavy atom. The molecule has 5 rings (SSSR count). The highest BCUT2D eigenvalue weighted by Gasteiger charge is 2.63. The number of aliphatic hydroxyl groups excluding tert-OH is 21. The Kier molecular flexibility index (Phi) is 53.4. The van der Waals surface area contributed by atoms with Gasteiger partial charge in [0.05, 0.1) is 88.2 Å². The quantitative estimate of drug-likeness (QED) is 0.0253. The number of amides is 4. The molecule has 0 aliphatic carbocycles. The number of methoxy groups -OCH3 is 1. The number of carbonyl (C=O) groups excluding carboxylic acids is 4. The third-order valence-electron chi connectivity index (χ3n) is 24.8. The zero-order valence-electron chi connectivity index (χ0n) is 75.2. The number of ether oxygens (including phenoxy) is 11. The van der Waals surface area contributed by atoms with Gasteiger partial charge in [-0.2, -0.15) is 0 Å². The Hall–Kier alpha value is -4.99. The fourth-order valence-corrected chi connectivity index (χ4v) is 16.9. The number of carbonyl (C=O) groups is 7. The van der Waals surface area contributed by atoms with Gasteiger partial charge in [0, 0.05) is 26.4 Å². The van der Waals surface area contributed by atoms with Crippen molar-refractivity contribution in [1.29, 1.82) is 0 Å². The van der Waals surface area contributed by atoms with E-state index in [1.165, 1.54) is 96.3 Å². The molecule has 32 unspecified atom stereocenters. The highest BCUT2D eigenvalue weighted by atomic mass is 16.8. The summed E-state index contributed by atoms with van der Waals surface area (Å²) in [6.07, 6.45) is -26.5. The first-order chi connectivity index (χ1) is 62.4. The highest BCUT2D eigenvalue weighted by molar-refractivity contribution is 5.82. The predicted molar refractivity (Wildman–Crippen MR) is 450 cm³/mol. The number of rotatable bonds is 67. The second kappa shape index (κ2) is 60.0. The SMILES string of the molecule is CCCCCCCCCCCCCCCCCCCCC(O)C(=O)NC(COC1OC(CO)C(OC2OC(CO)C(O)C(OC3(C(=O)O)CC(O)C(NC(=O)COC4(C(=O)O)CC(O)C(NC(=O)COC5(C(=O)O)CC(O)C(NC(=O)CO)C(C(O)C(CO)OC)O5)C(C(O)C(O)CO)O4)C(C(O)C(O)CO)O3)C2O)C(O)C1O)C(O)C(O)CCCCCCCCCCCCC. The number of unbranched alkanes of at least 4 members (excludes halogenated alkanes) is 27. The first-order valence-corrected chi connectivity index (χ1v) is 46.3. The lowest BCUT2D eigenvalue weighted by molar-refractivity contribution is -0.386. The fraction of sp³-hybridized carbons (Fsp3) is 0.918. The van der Waals surface area contributed by atoms with Crippen LogP contribution in [0.4, 0.5) is 0 Å². The monoisotopic (exact) mass is 1900 g/mol. The summed E-state index contributed by atoms with van der Waals surface area (Å²) >= 11 is 0. The van der Waals surface area contributed by atoms with Crippen molar-refractivity contribution in [3.05, 3.63) is 0 Å². The van der Waals surface area contributed by atoms with Crippen LogP contribution in [0.3, 0.4) is 0 Å². The van der Waals surface area contributed by atoms with Gasteiger partial charge in [0.1, 0.15) is 136 Å². The zero-order chi connectivity index (χ0) is 97.3. The van der Waals surface area contributed by atoms with Crippen LogP contribution in [0.15, 0.2) is 0 Å². The number of nitrogens with one attached hydrogen (secondary N) is 4. The zero-order valence-corrected chi connectivity index (χ0v) is 75.2. The molecule has 28 N–H and O–H groups in total. The van der Waals surface area contributed by atoms with Crippen LogP contribution in [0.25, 0.3) is 0 Å². The van der Waals surface area contributed by atoms with Crippen LogP contribution in [0.5, 0.6) is 0 Å². The smallest absolute Gasteiger partial charge is 0.364 e. The van der Waals surface area contributed by atoms with Crippen molar-refractivity contribution in [3.8, 4) is 0 Å². The van der Waals surface area contributed by atoms with Gasteiger partial charge in [-0.3, -0.25) is 19.2 Å². The average molecular weight is 1900 g/mol. The fourth-order valence-electron chi connectivity index (χ4n) is 16.9. The number of hydrogen-bond acceptors (Lipinski definition) is 39. The molecule has 5 aliphatic rings. The van der Waals surface area contributed by atoms with Gasteiger partial charge in [0.2, 0.25) is 23.6 Å². The first kappa shape index (κ1) is 117. The van der Waals surface area contributed by atoms with Gasteiger partial charge in [-0.25, -0.2) is 14.4 Å². The lowest BCUT2D eigenvalue weighted by Gasteiger charge is -2.50. The van der Waals surface area contributed by atoms with E-state index in [-0.39, 0.29) is 12.8 Å². The molecule has 0 radical (unpaired) electrons. The molecule has 131 heavy (non-hydrogen) atoms. The van der Waals surface area contributed by atoms with Gasteiger partial charge in [-0.1, -0.05) is 200 Å². The summed E-state index contributed by atoms with van der Waals surface area (Å²) in [6, 6.07) is -7.65. The van der Waals surface area contributed by atoms with Crippen molar-refractivity contribution in [2.24, 2.45) is 0 Å². The summed E-state index contributed by atoms with van der Waals surface area (Å²) in [6.45, 7) is -6.68. The molecule has 5 aliphatic heterocycles. The molecule has 4 amide bonds. The van der Waals surface area contributed by atoms with Crippen LogP contribution in [0.1, 0.15) is 232 Å². The van der Waals surface area contributed by atoms with Crippen LogP contribution in [0.2, 0.25) is 0 Å². The van der Waals surface area contributed by atoms with Crippen LogP contribution >= 0.6 is 0 Å². The molecular formula is C85H152N4O42. The van der Waals surface area contributed by atoms with E-state index >= 15 is 0 Å². The number of carboxylic acid groups (broad SMARTS) is 3. The van der Waals surface area contributed by atoms with Gasteiger partial charge in [0.25, 0.3) is 17.4 Å². The molecule has 5 saturated heterocycles. The van der Waals surface area contributed by atoms with Crippen LogP contribution in [-0.4, -0.2) is 425 Å². The number of aliphatic carboxylic acids is 3. The molecule has 764 valence electrons. The lowest BCUT2D eigenvalue weighted by atomic mass is 9.88. The van der Waals surface area contributed by atoms with E-state index in [0.29, 0.717) is 12.8 Å². The Morgan fingerprint density at radius 2 is 0.786 bits per heavy atom. The molecule has 5 heterocycles. The number of aliphatic hydroxyl groups is 21. The van der Waals surface area contributed by atoms with Crippen molar-refractivity contribution >= 4 is 41.5 Å². The minimum absolute atomic E-state index is 0.0580. The van der Waals surface area contributed by atoms with Gasteiger partial charge in [-0.15, -0.1) is 0 Å². The van der Waals surface area contributed by atoms with Gasteiger partial charge < -0.3 is 196 Å². The van der Waals surface area contributed by atoms with E-state index in [0.717, 1.165) is 84.2 Å². The highest BCUT2D eigenvalue weighted by Crippen LogP contribution is 2.41. The molecule has 0 spiro atoms. The van der Waals surface area contributed by atoms with Gasteiger partial charge in [-0.05, 0) is 12.8 Å². The second-order valence-electron chi connectivity index (χ2n) is 34.9. The van der Waals surface area contributed by atoms with E-state index < -0.39 is 315 Å². The standard InChI is InChI=1S/C85H152N4O42/c1-4-6-8-10-12-14-16-17-18-19-20-21-22-24-26-28-30-32-34-49(97)77(114)86-47(64(106)48(96)33-31-29-27-25-23-15-13-11-9-7-5-2)44-122-78-70(112)69(111)72(57(42-94)126-78)127-79-71(113)76(68(110)56(41-93)125-79)131-85(82(119)120)37-52(100)62(74(130-85)66(108)54(102)39-91)89-60(105)45-123-83(80(115)116)35-50(98)61(73(128-83)65(107)53(101)38-90)88-59(104)46-124-84(81(117)118)36-51(99)63(87-58(103)43-95)75(129-84)67(109)55(40-92)121-3/h47-57,61-76,78-79,90-102,106-113H,4-46H2,1-3H3,(H,86,114)(H,87,103)(H,88,104)(H,89,105)(H,115,116)(H,117,118)(H,119,120). The molecular weight excluding hydrogens is 1750 g/mol. The summed E-state index contributed by atoms with van der Waals surface area (Å²) < 4.78 is 61.8. The average Bonchev–Trinajstić information content (AvgIpc) is 0.772. The second-order valence-corrected chi connectivity index (χ2v) is 34.9.